The molecule has 8 heteroatoms. The van der Waals surface area contributed by atoms with Gasteiger partial charge in [-0.25, -0.2) is 9.59 Å². The molecule has 0 saturated carbocycles. The molecule has 31 heavy (non-hydrogen) atoms. The number of benzene rings is 2. The van der Waals surface area contributed by atoms with Crippen molar-refractivity contribution in [2.75, 3.05) is 39.8 Å². The largest absolute Gasteiger partial charge is 0.493 e. The van der Waals surface area contributed by atoms with Gasteiger partial charge in [-0.2, -0.15) is 0 Å². The summed E-state index contributed by atoms with van der Waals surface area (Å²) in [5.41, 5.74) is 2.43. The molecule has 1 heterocycles. The van der Waals surface area contributed by atoms with Crippen LogP contribution in [-0.2, 0) is 22.7 Å². The van der Waals surface area contributed by atoms with Crippen molar-refractivity contribution in [1.29, 1.82) is 0 Å². The Bertz CT molecular complexity index is 823. The second kappa shape index (κ2) is 12.6. The van der Waals surface area contributed by atoms with Crippen LogP contribution in [0.3, 0.4) is 0 Å². The summed E-state index contributed by atoms with van der Waals surface area (Å²) in [4.78, 5) is 23.2. The quantitative estimate of drug-likeness (QED) is 0.647. The summed E-state index contributed by atoms with van der Waals surface area (Å²) in [6.45, 7) is 9.47. The fourth-order valence-corrected chi connectivity index (χ4v) is 3.19. The van der Waals surface area contributed by atoms with Gasteiger partial charge in [0.2, 0.25) is 0 Å². The molecule has 0 radical (unpaired) electrons. The Kier molecular flexibility index (Phi) is 9.80. The Morgan fingerprint density at radius 3 is 2.03 bits per heavy atom. The van der Waals surface area contributed by atoms with E-state index in [0.717, 1.165) is 56.3 Å². The van der Waals surface area contributed by atoms with Crippen molar-refractivity contribution in [2.24, 2.45) is 0 Å². The van der Waals surface area contributed by atoms with Crippen LogP contribution in [0.4, 0.5) is 0 Å². The zero-order chi connectivity index (χ0) is 22.6. The molecule has 2 aromatic rings. The van der Waals surface area contributed by atoms with E-state index < -0.39 is 11.9 Å². The first-order valence-corrected chi connectivity index (χ1v) is 10.2. The SMILES string of the molecule is CCN1CCN(Cc2ccc(OCc3ccccc3)c(OC)c2)CC1.O=C(O)C(=O)O. The lowest BCUT2D eigenvalue weighted by atomic mass is 10.1. The zero-order valence-electron chi connectivity index (χ0n) is 18.0. The van der Waals surface area contributed by atoms with Crippen molar-refractivity contribution in [3.63, 3.8) is 0 Å². The molecule has 0 amide bonds. The van der Waals surface area contributed by atoms with Gasteiger partial charge in [-0.05, 0) is 29.8 Å². The molecule has 0 aromatic heterocycles. The maximum absolute atomic E-state index is 9.10. The van der Waals surface area contributed by atoms with Crippen molar-refractivity contribution in [1.82, 2.24) is 9.80 Å². The van der Waals surface area contributed by atoms with Crippen molar-refractivity contribution >= 4 is 11.9 Å². The smallest absolute Gasteiger partial charge is 0.414 e. The molecular formula is C23H30N2O6. The topological polar surface area (TPSA) is 99.5 Å². The summed E-state index contributed by atoms with van der Waals surface area (Å²) >= 11 is 0. The average Bonchev–Trinajstić information content (AvgIpc) is 2.79. The second-order valence-electron chi connectivity index (χ2n) is 7.08. The molecule has 1 saturated heterocycles. The molecule has 1 fully saturated rings. The lowest BCUT2D eigenvalue weighted by molar-refractivity contribution is -0.159. The average molecular weight is 431 g/mol. The molecule has 0 unspecified atom stereocenters. The van der Waals surface area contributed by atoms with E-state index in [4.69, 9.17) is 29.3 Å². The third-order valence-corrected chi connectivity index (χ3v) is 4.97. The maximum Gasteiger partial charge on any atom is 0.414 e. The lowest BCUT2D eigenvalue weighted by Crippen LogP contribution is -2.45. The molecule has 0 bridgehead atoms. The number of nitrogens with zero attached hydrogens (tertiary/aromatic N) is 2. The molecule has 3 rings (SSSR count). The Hall–Kier alpha value is -3.10. The highest BCUT2D eigenvalue weighted by atomic mass is 16.5. The van der Waals surface area contributed by atoms with E-state index in [2.05, 4.69) is 41.0 Å². The number of hydrogen-bond donors (Lipinski definition) is 2. The summed E-state index contributed by atoms with van der Waals surface area (Å²) in [5.74, 6) is -2.04. The minimum atomic E-state index is -1.82. The Morgan fingerprint density at radius 1 is 0.871 bits per heavy atom. The lowest BCUT2D eigenvalue weighted by Gasteiger charge is -2.34. The van der Waals surface area contributed by atoms with Gasteiger partial charge in [-0.1, -0.05) is 43.3 Å². The van der Waals surface area contributed by atoms with Crippen LogP contribution in [0.25, 0.3) is 0 Å². The van der Waals surface area contributed by atoms with Crippen molar-refractivity contribution in [3.8, 4) is 11.5 Å². The molecule has 1 aliphatic heterocycles. The van der Waals surface area contributed by atoms with Gasteiger partial charge in [0, 0.05) is 32.7 Å². The highest BCUT2D eigenvalue weighted by molar-refractivity contribution is 6.27. The normalized spacial score (nSPS) is 14.3. The van der Waals surface area contributed by atoms with Gasteiger partial charge in [-0.15, -0.1) is 0 Å². The predicted octanol–water partition coefficient (Wildman–Crippen LogP) is 2.57. The van der Waals surface area contributed by atoms with Gasteiger partial charge in [0.05, 0.1) is 7.11 Å². The number of aliphatic carboxylic acids is 2. The third-order valence-electron chi connectivity index (χ3n) is 4.97. The van der Waals surface area contributed by atoms with Crippen LogP contribution < -0.4 is 9.47 Å². The summed E-state index contributed by atoms with van der Waals surface area (Å²) < 4.78 is 11.5. The van der Waals surface area contributed by atoms with Gasteiger partial charge in [0.1, 0.15) is 6.61 Å². The van der Waals surface area contributed by atoms with Crippen LogP contribution in [-0.4, -0.2) is 71.8 Å². The fraction of sp³-hybridized carbons (Fsp3) is 0.391. The highest BCUT2D eigenvalue weighted by Gasteiger charge is 2.16. The van der Waals surface area contributed by atoms with Crippen LogP contribution in [0.15, 0.2) is 48.5 Å². The monoisotopic (exact) mass is 430 g/mol. The number of hydrogen-bond acceptors (Lipinski definition) is 6. The van der Waals surface area contributed by atoms with E-state index in [9.17, 15) is 0 Å². The first kappa shape index (κ1) is 24.2. The van der Waals surface area contributed by atoms with Gasteiger partial charge in [-0.3, -0.25) is 4.90 Å². The molecule has 168 valence electrons. The molecule has 0 atom stereocenters. The number of rotatable bonds is 7. The van der Waals surface area contributed by atoms with E-state index in [1.807, 2.05) is 24.3 Å². The molecule has 0 spiro atoms. The number of piperazine rings is 1. The van der Waals surface area contributed by atoms with Crippen LogP contribution in [0.2, 0.25) is 0 Å². The van der Waals surface area contributed by atoms with Gasteiger partial charge < -0.3 is 24.6 Å². The van der Waals surface area contributed by atoms with E-state index in [1.165, 1.54) is 5.56 Å². The minimum Gasteiger partial charge on any atom is -0.493 e. The zero-order valence-corrected chi connectivity index (χ0v) is 18.0. The summed E-state index contributed by atoms with van der Waals surface area (Å²) in [5, 5.41) is 14.8. The van der Waals surface area contributed by atoms with Gasteiger partial charge in [0.15, 0.2) is 11.5 Å². The van der Waals surface area contributed by atoms with E-state index in [0.29, 0.717) is 6.61 Å². The number of carbonyl (C=O) groups is 2. The third kappa shape index (κ3) is 8.27. The minimum absolute atomic E-state index is 0.551. The molecule has 0 aliphatic carbocycles. The molecule has 8 nitrogen and oxygen atoms in total. The van der Waals surface area contributed by atoms with Crippen LogP contribution in [0.5, 0.6) is 11.5 Å². The Morgan fingerprint density at radius 2 is 1.48 bits per heavy atom. The number of carboxylic acids is 2. The van der Waals surface area contributed by atoms with Crippen molar-refractivity contribution < 1.29 is 29.3 Å². The Balaban J connectivity index is 0.000000501. The number of carboxylic acid groups (broad SMARTS) is 2. The molecule has 1 aliphatic rings. The van der Waals surface area contributed by atoms with Crippen LogP contribution in [0.1, 0.15) is 18.1 Å². The first-order chi connectivity index (χ1) is 14.9. The van der Waals surface area contributed by atoms with Gasteiger partial charge >= 0.3 is 11.9 Å². The second-order valence-corrected chi connectivity index (χ2v) is 7.08. The van der Waals surface area contributed by atoms with Crippen LogP contribution in [0, 0.1) is 0 Å². The summed E-state index contributed by atoms with van der Waals surface area (Å²) in [6, 6.07) is 16.5. The highest BCUT2D eigenvalue weighted by Crippen LogP contribution is 2.29. The summed E-state index contributed by atoms with van der Waals surface area (Å²) in [6.07, 6.45) is 0. The van der Waals surface area contributed by atoms with E-state index >= 15 is 0 Å². The predicted molar refractivity (Wildman–Crippen MR) is 116 cm³/mol. The molecular weight excluding hydrogens is 400 g/mol. The Labute approximate surface area is 182 Å². The van der Waals surface area contributed by atoms with Gasteiger partial charge in [0.25, 0.3) is 0 Å². The fourth-order valence-electron chi connectivity index (χ4n) is 3.19. The van der Waals surface area contributed by atoms with E-state index in [-0.39, 0.29) is 0 Å². The van der Waals surface area contributed by atoms with Crippen molar-refractivity contribution in [2.45, 2.75) is 20.1 Å². The molecule has 2 aromatic carbocycles. The van der Waals surface area contributed by atoms with Crippen molar-refractivity contribution in [3.05, 3.63) is 59.7 Å². The maximum atomic E-state index is 9.10. The van der Waals surface area contributed by atoms with E-state index in [1.54, 1.807) is 7.11 Å². The number of likely N-dealkylation sites (N-methyl/N-ethyl adjacent to an activating group) is 1. The van der Waals surface area contributed by atoms with Crippen LogP contribution >= 0.6 is 0 Å². The number of ether oxygens (including phenoxy) is 2. The standard InChI is InChI=1S/C21H28N2O2.C2H2O4/c1-3-22-11-13-23(14-12-22)16-19-9-10-20(21(15-19)24-2)25-17-18-7-5-4-6-8-18;3-1(4)2(5)6/h4-10,15H,3,11-14,16-17H2,1-2H3;(H,3,4)(H,5,6). The summed E-state index contributed by atoms with van der Waals surface area (Å²) in [7, 11) is 1.70. The first-order valence-electron chi connectivity index (χ1n) is 10.2. The number of methoxy groups -OCH3 is 1. The molecule has 2 N–H and O–H groups in total.